The van der Waals surface area contributed by atoms with Gasteiger partial charge in [-0.25, -0.2) is 9.78 Å². The lowest BCUT2D eigenvalue weighted by Gasteiger charge is -1.93. The lowest BCUT2D eigenvalue weighted by Crippen LogP contribution is -1.95. The van der Waals surface area contributed by atoms with Crippen LogP contribution in [0, 0.1) is 6.92 Å². The van der Waals surface area contributed by atoms with Crippen molar-refractivity contribution in [1.29, 1.82) is 0 Å². The van der Waals surface area contributed by atoms with Crippen molar-refractivity contribution in [2.45, 2.75) is 6.92 Å². The largest absolute Gasteiger partial charge is 0.476 e. The average molecular weight is 213 g/mol. The molecule has 0 aromatic carbocycles. The van der Waals surface area contributed by atoms with Gasteiger partial charge in [-0.2, -0.15) is 0 Å². The molecule has 0 aliphatic heterocycles. The zero-order valence-corrected chi connectivity index (χ0v) is 8.28. The Balaban J connectivity index is 0.000000980. The second kappa shape index (κ2) is 3.67. The average Bonchev–Trinajstić information content (AvgIpc) is 2.49. The molecule has 0 aliphatic carbocycles. The molecule has 2 heterocycles. The second-order valence-corrected chi connectivity index (χ2v) is 2.85. The Bertz CT molecular complexity index is 479. The fourth-order valence-corrected chi connectivity index (χ4v) is 1.26. The van der Waals surface area contributed by atoms with E-state index in [0.29, 0.717) is 5.65 Å². The van der Waals surface area contributed by atoms with Gasteiger partial charge in [-0.05, 0) is 18.6 Å². The van der Waals surface area contributed by atoms with Crippen LogP contribution in [0.5, 0.6) is 0 Å². The fourth-order valence-electron chi connectivity index (χ4n) is 1.26. The lowest BCUT2D eigenvalue weighted by molar-refractivity contribution is 0.0691. The molecule has 4 nitrogen and oxygen atoms in total. The number of hydrogen-bond acceptors (Lipinski definition) is 2. The molecular weight excluding hydrogens is 204 g/mol. The third-order valence-electron chi connectivity index (χ3n) is 1.90. The number of rotatable bonds is 1. The van der Waals surface area contributed by atoms with Crippen molar-refractivity contribution >= 4 is 24.0 Å². The molecule has 0 amide bonds. The van der Waals surface area contributed by atoms with Crippen molar-refractivity contribution in [1.82, 2.24) is 9.38 Å². The van der Waals surface area contributed by atoms with Crippen LogP contribution in [-0.2, 0) is 0 Å². The minimum Gasteiger partial charge on any atom is -0.476 e. The molecule has 0 spiro atoms. The minimum atomic E-state index is -0.997. The van der Waals surface area contributed by atoms with E-state index >= 15 is 0 Å². The number of nitrogens with zero attached hydrogens (tertiary/aromatic N) is 2. The van der Waals surface area contributed by atoms with E-state index < -0.39 is 5.97 Å². The molecular formula is C9H9ClN2O2. The van der Waals surface area contributed by atoms with Gasteiger partial charge in [0, 0.05) is 12.4 Å². The van der Waals surface area contributed by atoms with E-state index in [9.17, 15) is 4.79 Å². The van der Waals surface area contributed by atoms with Gasteiger partial charge in [0.15, 0.2) is 5.69 Å². The summed E-state index contributed by atoms with van der Waals surface area (Å²) in [5.41, 5.74) is 1.74. The van der Waals surface area contributed by atoms with E-state index in [4.69, 9.17) is 5.11 Å². The molecule has 2 aromatic rings. The number of carbonyl (C=O) groups is 1. The topological polar surface area (TPSA) is 54.6 Å². The van der Waals surface area contributed by atoms with Crippen molar-refractivity contribution in [3.05, 3.63) is 35.8 Å². The highest BCUT2D eigenvalue weighted by Crippen LogP contribution is 2.09. The van der Waals surface area contributed by atoms with Crippen LogP contribution in [0.15, 0.2) is 24.5 Å². The number of carboxylic acid groups (broad SMARTS) is 1. The number of imidazole rings is 1. The number of halogens is 1. The van der Waals surface area contributed by atoms with Crippen LogP contribution in [-0.4, -0.2) is 20.5 Å². The van der Waals surface area contributed by atoms with E-state index in [1.165, 1.54) is 6.20 Å². The summed E-state index contributed by atoms with van der Waals surface area (Å²) in [6, 6.07) is 3.75. The highest BCUT2D eigenvalue weighted by molar-refractivity contribution is 5.86. The van der Waals surface area contributed by atoms with Crippen molar-refractivity contribution < 1.29 is 9.90 Å². The van der Waals surface area contributed by atoms with Gasteiger partial charge in [0.05, 0.1) is 0 Å². The van der Waals surface area contributed by atoms with E-state index in [2.05, 4.69) is 4.98 Å². The summed E-state index contributed by atoms with van der Waals surface area (Å²) in [7, 11) is 0. The van der Waals surface area contributed by atoms with Gasteiger partial charge in [0.2, 0.25) is 0 Å². The Morgan fingerprint density at radius 1 is 1.57 bits per heavy atom. The van der Waals surface area contributed by atoms with E-state index in [1.807, 2.05) is 19.1 Å². The van der Waals surface area contributed by atoms with Gasteiger partial charge in [-0.3, -0.25) is 0 Å². The maximum Gasteiger partial charge on any atom is 0.356 e. The van der Waals surface area contributed by atoms with Crippen molar-refractivity contribution in [3.63, 3.8) is 0 Å². The highest BCUT2D eigenvalue weighted by atomic mass is 35.5. The number of aryl methyl sites for hydroxylation is 1. The first-order chi connectivity index (χ1) is 6.18. The zero-order valence-electron chi connectivity index (χ0n) is 7.47. The molecule has 0 radical (unpaired) electrons. The van der Waals surface area contributed by atoms with Crippen molar-refractivity contribution in [2.24, 2.45) is 0 Å². The Morgan fingerprint density at radius 2 is 2.29 bits per heavy atom. The molecule has 2 rings (SSSR count). The third kappa shape index (κ3) is 1.56. The maximum atomic E-state index is 10.6. The molecule has 1 N–H and O–H groups in total. The Labute approximate surface area is 86.6 Å². The van der Waals surface area contributed by atoms with E-state index in [1.54, 1.807) is 10.6 Å². The van der Waals surface area contributed by atoms with Gasteiger partial charge in [-0.15, -0.1) is 12.4 Å². The maximum absolute atomic E-state index is 10.6. The first-order valence-corrected chi connectivity index (χ1v) is 3.86. The molecule has 0 saturated carbocycles. The molecule has 0 fully saturated rings. The van der Waals surface area contributed by atoms with E-state index in [0.717, 1.165) is 5.56 Å². The quantitative estimate of drug-likeness (QED) is 0.784. The van der Waals surface area contributed by atoms with Gasteiger partial charge in [0.1, 0.15) is 5.65 Å². The number of pyridine rings is 1. The number of carboxylic acids is 1. The highest BCUT2D eigenvalue weighted by Gasteiger charge is 2.08. The van der Waals surface area contributed by atoms with Crippen molar-refractivity contribution in [3.8, 4) is 0 Å². The molecule has 5 heteroatoms. The monoisotopic (exact) mass is 212 g/mol. The minimum absolute atomic E-state index is 0. The molecule has 74 valence electrons. The van der Waals surface area contributed by atoms with Crippen LogP contribution >= 0.6 is 12.4 Å². The van der Waals surface area contributed by atoms with Gasteiger partial charge in [-0.1, -0.05) is 6.07 Å². The molecule has 0 saturated heterocycles. The summed E-state index contributed by atoms with van der Waals surface area (Å²) in [5, 5.41) is 8.70. The van der Waals surface area contributed by atoms with Crippen LogP contribution < -0.4 is 0 Å². The first kappa shape index (κ1) is 10.5. The standard InChI is InChI=1S/C9H8N2O2.ClH/c1-6-3-2-4-11-5-7(9(12)13)10-8(6)11;/h2-5H,1H3,(H,12,13);1H. The number of aromatic nitrogens is 2. The van der Waals surface area contributed by atoms with Crippen LogP contribution in [0.2, 0.25) is 0 Å². The SMILES string of the molecule is Cc1cccn2cc(C(=O)O)nc12.Cl. The summed E-state index contributed by atoms with van der Waals surface area (Å²) >= 11 is 0. The molecule has 0 atom stereocenters. The van der Waals surface area contributed by atoms with Gasteiger partial charge < -0.3 is 9.51 Å². The summed E-state index contributed by atoms with van der Waals surface area (Å²) in [4.78, 5) is 14.6. The first-order valence-electron chi connectivity index (χ1n) is 3.86. The Hall–Kier alpha value is -1.55. The smallest absolute Gasteiger partial charge is 0.356 e. The molecule has 0 bridgehead atoms. The normalized spacial score (nSPS) is 9.79. The summed E-state index contributed by atoms with van der Waals surface area (Å²) in [6.45, 7) is 1.90. The second-order valence-electron chi connectivity index (χ2n) is 2.85. The van der Waals surface area contributed by atoms with Crippen LogP contribution in [0.4, 0.5) is 0 Å². The molecule has 0 unspecified atom stereocenters. The van der Waals surface area contributed by atoms with Crippen LogP contribution in [0.25, 0.3) is 5.65 Å². The Morgan fingerprint density at radius 3 is 2.86 bits per heavy atom. The zero-order chi connectivity index (χ0) is 9.42. The Kier molecular flexibility index (Phi) is 2.76. The molecule has 2 aromatic heterocycles. The predicted molar refractivity (Wildman–Crippen MR) is 54.1 cm³/mol. The van der Waals surface area contributed by atoms with Crippen LogP contribution in [0.3, 0.4) is 0 Å². The van der Waals surface area contributed by atoms with E-state index in [-0.39, 0.29) is 18.1 Å². The fraction of sp³-hybridized carbons (Fsp3) is 0.111. The summed E-state index contributed by atoms with van der Waals surface area (Å²) < 4.78 is 1.71. The summed E-state index contributed by atoms with van der Waals surface area (Å²) in [6.07, 6.45) is 3.28. The predicted octanol–water partition coefficient (Wildman–Crippen LogP) is 1.76. The van der Waals surface area contributed by atoms with Gasteiger partial charge in [0.25, 0.3) is 0 Å². The number of aromatic carboxylic acids is 1. The molecule has 0 aliphatic rings. The van der Waals surface area contributed by atoms with Gasteiger partial charge >= 0.3 is 5.97 Å². The lowest BCUT2D eigenvalue weighted by atomic mass is 10.3. The third-order valence-corrected chi connectivity index (χ3v) is 1.90. The summed E-state index contributed by atoms with van der Waals surface area (Å²) in [5.74, 6) is -0.997. The number of fused-ring (bicyclic) bond motifs is 1. The van der Waals surface area contributed by atoms with Crippen molar-refractivity contribution in [2.75, 3.05) is 0 Å². The molecule has 14 heavy (non-hydrogen) atoms. The van der Waals surface area contributed by atoms with Crippen LogP contribution in [0.1, 0.15) is 16.1 Å². The number of hydrogen-bond donors (Lipinski definition) is 1.